The van der Waals surface area contributed by atoms with Crippen molar-refractivity contribution in [3.8, 4) is 11.1 Å². The summed E-state index contributed by atoms with van der Waals surface area (Å²) in [7, 11) is 2.64. The van der Waals surface area contributed by atoms with Crippen molar-refractivity contribution in [2.75, 3.05) is 5.73 Å². The second-order valence-electron chi connectivity index (χ2n) is 5.89. The Hall–Kier alpha value is -2.25. The van der Waals surface area contributed by atoms with Crippen molar-refractivity contribution in [3.63, 3.8) is 0 Å². The quantitative estimate of drug-likeness (QED) is 0.729. The number of anilines is 1. The molecular weight excluding hydrogens is 318 g/mol. The van der Waals surface area contributed by atoms with Gasteiger partial charge in [-0.1, -0.05) is 36.4 Å². The van der Waals surface area contributed by atoms with Gasteiger partial charge in [-0.3, -0.25) is 0 Å². The van der Waals surface area contributed by atoms with Crippen LogP contribution in [-0.2, 0) is 12.8 Å². The smallest absolute Gasteiger partial charge is 0.127 e. The van der Waals surface area contributed by atoms with Crippen LogP contribution in [0, 0.1) is 12.7 Å². The van der Waals surface area contributed by atoms with Crippen molar-refractivity contribution in [2.45, 2.75) is 19.8 Å². The van der Waals surface area contributed by atoms with Crippen molar-refractivity contribution in [1.82, 2.24) is 4.98 Å². The number of aromatic nitrogens is 1. The molecule has 0 spiro atoms. The lowest BCUT2D eigenvalue weighted by Gasteiger charge is -2.12. The summed E-state index contributed by atoms with van der Waals surface area (Å²) in [6.45, 7) is 1.98. The Morgan fingerprint density at radius 1 is 1.04 bits per heavy atom. The van der Waals surface area contributed by atoms with Crippen molar-refractivity contribution in [3.05, 3.63) is 77.2 Å². The van der Waals surface area contributed by atoms with Crippen molar-refractivity contribution in [2.24, 2.45) is 0 Å². The minimum absolute atomic E-state index is 0.170. The summed E-state index contributed by atoms with van der Waals surface area (Å²) >= 11 is 0. The first-order valence-electron chi connectivity index (χ1n) is 7.89. The molecule has 0 saturated carbocycles. The first kappa shape index (κ1) is 16.6. The third kappa shape index (κ3) is 3.47. The van der Waals surface area contributed by atoms with E-state index in [1.54, 1.807) is 12.3 Å². The highest BCUT2D eigenvalue weighted by molar-refractivity contribution is 7.27. The average molecular weight is 338 g/mol. The second-order valence-corrected chi connectivity index (χ2v) is 6.47. The predicted octanol–water partition coefficient (Wildman–Crippen LogP) is 4.06. The number of aryl methyl sites for hydroxylation is 2. The molecule has 4 heteroatoms. The molecule has 24 heavy (non-hydrogen) atoms. The lowest BCUT2D eigenvalue weighted by molar-refractivity contribution is 0.610. The Morgan fingerprint density at radius 3 is 2.54 bits per heavy atom. The van der Waals surface area contributed by atoms with Gasteiger partial charge in [-0.25, -0.2) is 9.37 Å². The highest BCUT2D eigenvalue weighted by Gasteiger charge is 2.11. The van der Waals surface area contributed by atoms with E-state index in [4.69, 9.17) is 5.73 Å². The summed E-state index contributed by atoms with van der Waals surface area (Å²) in [4.78, 5) is 4.31. The molecule has 0 saturated heterocycles. The normalized spacial score (nSPS) is 10.8. The monoisotopic (exact) mass is 338 g/mol. The van der Waals surface area contributed by atoms with Gasteiger partial charge in [-0.05, 0) is 59.5 Å². The van der Waals surface area contributed by atoms with E-state index in [9.17, 15) is 4.39 Å². The zero-order chi connectivity index (χ0) is 17.1. The summed E-state index contributed by atoms with van der Waals surface area (Å²) in [5.41, 5.74) is 10.9. The molecule has 0 aliphatic carbocycles. The number of nitrogen functional groups attached to an aromatic ring is 1. The fourth-order valence-electron chi connectivity index (χ4n) is 2.78. The SMILES string of the molecule is Cc1ccc(F)c(CCc2cc(-c3ccccc3)cnc2N)c1P. The molecule has 0 aliphatic heterocycles. The molecule has 2 nitrogen and oxygen atoms in total. The summed E-state index contributed by atoms with van der Waals surface area (Å²) in [5, 5.41) is 0.931. The van der Waals surface area contributed by atoms with Crippen LogP contribution in [0.3, 0.4) is 0 Å². The summed E-state index contributed by atoms with van der Waals surface area (Å²) in [6.07, 6.45) is 3.03. The third-order valence-electron chi connectivity index (χ3n) is 4.27. The Kier molecular flexibility index (Phi) is 4.92. The molecule has 0 amide bonds. The van der Waals surface area contributed by atoms with Gasteiger partial charge >= 0.3 is 0 Å². The van der Waals surface area contributed by atoms with Crippen LogP contribution < -0.4 is 11.0 Å². The molecule has 0 radical (unpaired) electrons. The fourth-order valence-corrected chi connectivity index (χ4v) is 3.16. The molecule has 1 unspecified atom stereocenters. The minimum atomic E-state index is -0.170. The molecular formula is C20H20FN2P. The Morgan fingerprint density at radius 2 is 1.79 bits per heavy atom. The largest absolute Gasteiger partial charge is 0.383 e. The maximum absolute atomic E-state index is 14.1. The summed E-state index contributed by atoms with van der Waals surface area (Å²) < 4.78 is 14.1. The van der Waals surface area contributed by atoms with Crippen molar-refractivity contribution >= 4 is 20.4 Å². The van der Waals surface area contributed by atoms with Gasteiger partial charge in [0, 0.05) is 11.8 Å². The average Bonchev–Trinajstić information content (AvgIpc) is 2.60. The van der Waals surface area contributed by atoms with Crippen LogP contribution >= 0.6 is 9.24 Å². The van der Waals surface area contributed by atoms with Gasteiger partial charge in [-0.15, -0.1) is 9.24 Å². The molecule has 122 valence electrons. The number of hydrogen-bond acceptors (Lipinski definition) is 2. The Labute approximate surface area is 144 Å². The first-order valence-corrected chi connectivity index (χ1v) is 8.47. The van der Waals surface area contributed by atoms with Crippen LogP contribution in [0.2, 0.25) is 0 Å². The van der Waals surface area contributed by atoms with Gasteiger partial charge < -0.3 is 5.73 Å². The molecule has 1 atom stereocenters. The maximum atomic E-state index is 14.1. The van der Waals surface area contributed by atoms with Gasteiger partial charge in [0.15, 0.2) is 0 Å². The minimum Gasteiger partial charge on any atom is -0.383 e. The van der Waals surface area contributed by atoms with Gasteiger partial charge in [0.1, 0.15) is 11.6 Å². The molecule has 1 heterocycles. The number of rotatable bonds is 4. The van der Waals surface area contributed by atoms with Gasteiger partial charge in [0.2, 0.25) is 0 Å². The maximum Gasteiger partial charge on any atom is 0.127 e. The van der Waals surface area contributed by atoms with Crippen molar-refractivity contribution < 1.29 is 4.39 Å². The summed E-state index contributed by atoms with van der Waals surface area (Å²) in [6, 6.07) is 15.4. The van der Waals surface area contributed by atoms with E-state index in [1.165, 1.54) is 6.07 Å². The Balaban J connectivity index is 1.87. The lowest BCUT2D eigenvalue weighted by atomic mass is 10.00. The molecule has 0 bridgehead atoms. The van der Waals surface area contributed by atoms with E-state index in [2.05, 4.69) is 14.2 Å². The topological polar surface area (TPSA) is 38.9 Å². The number of nitrogens with zero attached hydrogens (tertiary/aromatic N) is 1. The van der Waals surface area contributed by atoms with E-state index in [0.717, 1.165) is 33.1 Å². The number of nitrogens with two attached hydrogens (primary N) is 1. The number of hydrogen-bond donors (Lipinski definition) is 1. The highest BCUT2D eigenvalue weighted by atomic mass is 31.0. The predicted molar refractivity (Wildman–Crippen MR) is 102 cm³/mol. The van der Waals surface area contributed by atoms with E-state index in [0.29, 0.717) is 18.7 Å². The molecule has 3 aromatic rings. The van der Waals surface area contributed by atoms with Crippen LogP contribution in [0.1, 0.15) is 16.7 Å². The van der Waals surface area contributed by atoms with Crippen LogP contribution in [-0.4, -0.2) is 4.98 Å². The Bertz CT molecular complexity index is 863. The van der Waals surface area contributed by atoms with Crippen LogP contribution in [0.5, 0.6) is 0 Å². The molecule has 0 fully saturated rings. The van der Waals surface area contributed by atoms with Gasteiger partial charge in [-0.2, -0.15) is 0 Å². The van der Waals surface area contributed by atoms with E-state index in [1.807, 2.05) is 43.3 Å². The molecule has 1 aromatic heterocycles. The van der Waals surface area contributed by atoms with Crippen LogP contribution in [0.4, 0.5) is 10.2 Å². The number of halogens is 1. The second kappa shape index (κ2) is 7.11. The molecule has 2 aromatic carbocycles. The molecule has 3 rings (SSSR count). The first-order chi connectivity index (χ1) is 11.6. The van der Waals surface area contributed by atoms with E-state index in [-0.39, 0.29) is 5.82 Å². The van der Waals surface area contributed by atoms with Crippen LogP contribution in [0.25, 0.3) is 11.1 Å². The zero-order valence-corrected chi connectivity index (χ0v) is 14.7. The molecule has 2 N–H and O–H groups in total. The third-order valence-corrected chi connectivity index (χ3v) is 5.07. The fraction of sp³-hybridized carbons (Fsp3) is 0.150. The number of benzene rings is 2. The van der Waals surface area contributed by atoms with Crippen molar-refractivity contribution in [1.29, 1.82) is 0 Å². The standard InChI is InChI=1S/C20H20FN2P/c1-13-7-10-18(21)17(19(13)24)9-8-15-11-16(12-23-20(15)22)14-5-3-2-4-6-14/h2-7,10-12H,8-9,24H2,1H3,(H2,22,23). The molecule has 0 aliphatic rings. The number of pyridine rings is 1. The lowest BCUT2D eigenvalue weighted by Crippen LogP contribution is -2.11. The highest BCUT2D eigenvalue weighted by Crippen LogP contribution is 2.23. The van der Waals surface area contributed by atoms with Crippen LogP contribution in [0.15, 0.2) is 54.7 Å². The van der Waals surface area contributed by atoms with E-state index >= 15 is 0 Å². The zero-order valence-electron chi connectivity index (χ0n) is 13.6. The van der Waals surface area contributed by atoms with Gasteiger partial charge in [0.05, 0.1) is 0 Å². The van der Waals surface area contributed by atoms with E-state index < -0.39 is 0 Å². The summed E-state index contributed by atoms with van der Waals surface area (Å²) in [5.74, 6) is 0.337. The van der Waals surface area contributed by atoms with Gasteiger partial charge in [0.25, 0.3) is 0 Å².